The normalized spacial score (nSPS) is 10.4. The van der Waals surface area contributed by atoms with Gasteiger partial charge in [-0.05, 0) is 0 Å². The van der Waals surface area contributed by atoms with Gasteiger partial charge in [-0.25, -0.2) is 0 Å². The first-order valence-electron chi connectivity index (χ1n) is 5.05. The molecule has 0 aliphatic heterocycles. The fourth-order valence-corrected chi connectivity index (χ4v) is 2.06. The second kappa shape index (κ2) is 5.17. The molecule has 2 aromatic heterocycles. The Hall–Kier alpha value is -1.28. The van der Waals surface area contributed by atoms with E-state index >= 15 is 0 Å². The van der Waals surface area contributed by atoms with E-state index in [0.717, 1.165) is 23.1 Å². The van der Waals surface area contributed by atoms with Gasteiger partial charge in [0.1, 0.15) is 0 Å². The van der Waals surface area contributed by atoms with Gasteiger partial charge in [0, 0.05) is 0 Å². The Labute approximate surface area is 103 Å². The number of hydrogen-bond donors (Lipinski definition) is 1. The van der Waals surface area contributed by atoms with Crippen LogP contribution in [0.4, 0.5) is 0 Å². The number of pyridine rings is 1. The molecule has 1 unspecified atom stereocenters. The Kier molecular flexibility index (Phi) is 3.62. The molecule has 2 heterocycles. The molecule has 16 heavy (non-hydrogen) atoms. The molecule has 0 fully saturated rings. The molecule has 0 aliphatic carbocycles. The van der Waals surface area contributed by atoms with Gasteiger partial charge in [0.05, 0.1) is 0 Å². The van der Waals surface area contributed by atoms with E-state index in [1.807, 2.05) is 12.3 Å². The summed E-state index contributed by atoms with van der Waals surface area (Å²) in [5.41, 5.74) is 2.35. The van der Waals surface area contributed by atoms with Crippen molar-refractivity contribution in [3.05, 3.63) is 35.8 Å². The van der Waals surface area contributed by atoms with Crippen LogP contribution in [-0.4, -0.2) is 39.1 Å². The Bertz CT molecular complexity index is 470. The topological polar surface area (TPSA) is 50.8 Å². The summed E-state index contributed by atoms with van der Waals surface area (Å²) in [7, 11) is 1.65. The van der Waals surface area contributed by atoms with Gasteiger partial charge >= 0.3 is 103 Å². The molecular formula is C11H14AsN3O. The first-order chi connectivity index (χ1) is 7.78. The quantitative estimate of drug-likeness (QED) is 0.792. The number of methoxy groups -OCH3 is 1. The van der Waals surface area contributed by atoms with E-state index in [9.17, 15) is 0 Å². The van der Waals surface area contributed by atoms with Crippen molar-refractivity contribution in [1.82, 2.24) is 15.2 Å². The predicted octanol–water partition coefficient (Wildman–Crippen LogP) is -0.143. The van der Waals surface area contributed by atoms with Crippen LogP contribution in [0.1, 0.15) is 11.3 Å². The Morgan fingerprint density at radius 3 is 2.88 bits per heavy atom. The van der Waals surface area contributed by atoms with Gasteiger partial charge < -0.3 is 0 Å². The minimum atomic E-state index is 0.807. The molecule has 0 saturated carbocycles. The maximum atomic E-state index is 5.13. The number of H-pyrrole nitrogens is 1. The molecule has 0 saturated heterocycles. The standard InChI is InChI=1S/C11H14AsN3O/c1-16-10-4-8(6-13-7-10)2-3-9-5-11(12)15-14-9/h4-7H,2-3,12H2,1H3,(H,14,15). The molecule has 0 aromatic carbocycles. The van der Waals surface area contributed by atoms with E-state index in [0.29, 0.717) is 0 Å². The van der Waals surface area contributed by atoms with E-state index in [1.165, 1.54) is 28.1 Å². The van der Waals surface area contributed by atoms with Crippen molar-refractivity contribution in [1.29, 1.82) is 0 Å². The molecule has 0 aliphatic rings. The molecule has 1 N–H and O–H groups in total. The van der Waals surface area contributed by atoms with Crippen molar-refractivity contribution in [2.24, 2.45) is 0 Å². The zero-order chi connectivity index (χ0) is 11.4. The summed E-state index contributed by atoms with van der Waals surface area (Å²) < 4.78 is 6.22. The van der Waals surface area contributed by atoms with Gasteiger partial charge in [0.15, 0.2) is 0 Å². The van der Waals surface area contributed by atoms with Crippen molar-refractivity contribution >= 4 is 21.3 Å². The fourth-order valence-electron chi connectivity index (χ4n) is 1.50. The molecule has 0 spiro atoms. The van der Waals surface area contributed by atoms with Gasteiger partial charge in [0.2, 0.25) is 0 Å². The third-order valence-electron chi connectivity index (χ3n) is 2.34. The minimum absolute atomic E-state index is 0.807. The first kappa shape index (κ1) is 11.2. The van der Waals surface area contributed by atoms with Crippen molar-refractivity contribution in [2.75, 3.05) is 7.11 Å². The van der Waals surface area contributed by atoms with E-state index in [-0.39, 0.29) is 0 Å². The van der Waals surface area contributed by atoms with Gasteiger partial charge in [-0.15, -0.1) is 0 Å². The monoisotopic (exact) mass is 279 g/mol. The van der Waals surface area contributed by atoms with Crippen LogP contribution in [0, 0.1) is 0 Å². The van der Waals surface area contributed by atoms with Gasteiger partial charge in [-0.2, -0.15) is 0 Å². The molecule has 2 rings (SSSR count). The third-order valence-corrected chi connectivity index (χ3v) is 2.96. The number of ether oxygens (including phenoxy) is 1. The molecule has 4 nitrogen and oxygen atoms in total. The van der Waals surface area contributed by atoms with Crippen LogP contribution in [0.25, 0.3) is 0 Å². The van der Waals surface area contributed by atoms with Crippen LogP contribution >= 0.6 is 0 Å². The SMILES string of the molecule is COc1cncc(CCc2cc([AsH2])n[nH]2)c1. The number of aryl methyl sites for hydroxylation is 2. The van der Waals surface area contributed by atoms with Crippen LogP contribution < -0.4 is 9.22 Å². The second-order valence-corrected chi connectivity index (χ2v) is 4.79. The fraction of sp³-hybridized carbons (Fsp3) is 0.273. The molecular weight excluding hydrogens is 265 g/mol. The number of nitrogens with zero attached hydrogens (tertiary/aromatic N) is 2. The average molecular weight is 279 g/mol. The first-order valence-corrected chi connectivity index (χ1v) is 6.27. The predicted molar refractivity (Wildman–Crippen MR) is 65.0 cm³/mol. The van der Waals surface area contributed by atoms with Crippen LogP contribution in [-0.2, 0) is 12.8 Å². The molecule has 2 aromatic rings. The zero-order valence-electron chi connectivity index (χ0n) is 9.10. The van der Waals surface area contributed by atoms with Crippen LogP contribution in [0.3, 0.4) is 0 Å². The van der Waals surface area contributed by atoms with Gasteiger partial charge in [0.25, 0.3) is 0 Å². The molecule has 0 bridgehead atoms. The number of rotatable bonds is 4. The Morgan fingerprint density at radius 1 is 1.31 bits per heavy atom. The number of aromatic nitrogens is 3. The maximum absolute atomic E-state index is 5.13. The van der Waals surface area contributed by atoms with E-state index in [4.69, 9.17) is 4.74 Å². The molecule has 0 amide bonds. The number of nitrogens with one attached hydrogen (secondary N) is 1. The Morgan fingerprint density at radius 2 is 2.19 bits per heavy atom. The van der Waals surface area contributed by atoms with Crippen LogP contribution in [0.15, 0.2) is 24.5 Å². The molecule has 1 atom stereocenters. The van der Waals surface area contributed by atoms with Crippen LogP contribution in [0.2, 0.25) is 0 Å². The molecule has 84 valence electrons. The number of aromatic amines is 1. The van der Waals surface area contributed by atoms with Crippen molar-refractivity contribution in [3.8, 4) is 5.75 Å². The zero-order valence-corrected chi connectivity index (χ0v) is 11.5. The average Bonchev–Trinajstić information content (AvgIpc) is 2.73. The van der Waals surface area contributed by atoms with Gasteiger partial charge in [-0.3, -0.25) is 0 Å². The molecule has 5 heteroatoms. The van der Waals surface area contributed by atoms with Crippen molar-refractivity contribution in [2.45, 2.75) is 12.8 Å². The number of hydrogen-bond acceptors (Lipinski definition) is 3. The molecule has 0 radical (unpaired) electrons. The summed E-state index contributed by atoms with van der Waals surface area (Å²) >= 11 is 1.54. The third kappa shape index (κ3) is 2.86. The summed E-state index contributed by atoms with van der Waals surface area (Å²) in [6.07, 6.45) is 5.48. The Balaban J connectivity index is 1.99. The summed E-state index contributed by atoms with van der Waals surface area (Å²) in [5, 5.41) is 7.14. The van der Waals surface area contributed by atoms with E-state index < -0.39 is 0 Å². The second-order valence-electron chi connectivity index (χ2n) is 3.55. The van der Waals surface area contributed by atoms with E-state index in [1.54, 1.807) is 13.3 Å². The summed E-state index contributed by atoms with van der Waals surface area (Å²) in [5.74, 6) is 0.807. The van der Waals surface area contributed by atoms with E-state index in [2.05, 4.69) is 21.2 Å². The van der Waals surface area contributed by atoms with Crippen molar-refractivity contribution in [3.63, 3.8) is 0 Å². The summed E-state index contributed by atoms with van der Waals surface area (Å²) in [6, 6.07) is 4.10. The van der Waals surface area contributed by atoms with Gasteiger partial charge in [-0.1, -0.05) is 0 Å². The van der Waals surface area contributed by atoms with Crippen LogP contribution in [0.5, 0.6) is 5.75 Å². The summed E-state index contributed by atoms with van der Waals surface area (Å²) in [4.78, 5) is 4.13. The van der Waals surface area contributed by atoms with Crippen molar-refractivity contribution < 1.29 is 4.74 Å². The summed E-state index contributed by atoms with van der Waals surface area (Å²) in [6.45, 7) is 0.